The van der Waals surface area contributed by atoms with Gasteiger partial charge in [-0.3, -0.25) is 0 Å². The minimum absolute atomic E-state index is 0.107. The molecule has 2 aromatic rings. The van der Waals surface area contributed by atoms with Gasteiger partial charge in [-0.2, -0.15) is 0 Å². The molecule has 2 rings (SSSR count). The topological polar surface area (TPSA) is 75.2 Å². The minimum Gasteiger partial charge on any atom is -0.507 e. The van der Waals surface area contributed by atoms with E-state index < -0.39 is 5.97 Å². The number of rotatable bonds is 2. The Morgan fingerprint density at radius 3 is 3.13 bits per heavy atom. The highest BCUT2D eigenvalue weighted by molar-refractivity contribution is 6.04. The second-order valence-corrected chi connectivity index (χ2v) is 2.98. The fourth-order valence-corrected chi connectivity index (χ4v) is 1.40. The Balaban J connectivity index is 2.61. The van der Waals surface area contributed by atoms with Crippen LogP contribution in [-0.2, 0) is 4.74 Å². The standard InChI is InChI=1S/C10H10N2O3/c1-2-15-10(14)8-7(13)4-3-6-9(8)12-5-11-6/h3-5,13H,2H2,1H3,(H,11,12). The molecule has 5 nitrogen and oxygen atoms in total. The number of hydrogen-bond acceptors (Lipinski definition) is 4. The maximum Gasteiger partial charge on any atom is 0.344 e. The highest BCUT2D eigenvalue weighted by Crippen LogP contribution is 2.25. The van der Waals surface area contributed by atoms with Crippen LogP contribution in [0.4, 0.5) is 0 Å². The fraction of sp³-hybridized carbons (Fsp3) is 0.200. The number of esters is 1. The van der Waals surface area contributed by atoms with Gasteiger partial charge in [0.05, 0.1) is 18.5 Å². The van der Waals surface area contributed by atoms with Gasteiger partial charge in [0.15, 0.2) is 0 Å². The number of nitrogens with one attached hydrogen (secondary N) is 1. The number of imidazole rings is 1. The monoisotopic (exact) mass is 206 g/mol. The molecule has 0 atom stereocenters. The average Bonchev–Trinajstić information content (AvgIpc) is 2.65. The van der Waals surface area contributed by atoms with Crippen LogP contribution in [0.2, 0.25) is 0 Å². The molecular weight excluding hydrogens is 196 g/mol. The number of aromatic nitrogens is 2. The summed E-state index contributed by atoms with van der Waals surface area (Å²) in [6.45, 7) is 1.97. The van der Waals surface area contributed by atoms with E-state index in [1.54, 1.807) is 13.0 Å². The first-order valence-corrected chi connectivity index (χ1v) is 4.56. The number of phenolic OH excluding ortho intramolecular Hbond substituents is 1. The van der Waals surface area contributed by atoms with Gasteiger partial charge in [0.2, 0.25) is 0 Å². The zero-order valence-electron chi connectivity index (χ0n) is 8.15. The molecule has 0 radical (unpaired) electrons. The lowest BCUT2D eigenvalue weighted by atomic mass is 10.1. The van der Waals surface area contributed by atoms with Crippen molar-refractivity contribution >= 4 is 17.0 Å². The lowest BCUT2D eigenvalue weighted by Gasteiger charge is -2.04. The summed E-state index contributed by atoms with van der Waals surface area (Å²) < 4.78 is 4.83. The summed E-state index contributed by atoms with van der Waals surface area (Å²) in [6, 6.07) is 3.09. The van der Waals surface area contributed by atoms with Gasteiger partial charge in [-0.1, -0.05) is 0 Å². The summed E-state index contributed by atoms with van der Waals surface area (Å²) in [5.41, 5.74) is 1.22. The van der Waals surface area contributed by atoms with Crippen LogP contribution >= 0.6 is 0 Å². The third-order valence-electron chi connectivity index (χ3n) is 2.05. The smallest absolute Gasteiger partial charge is 0.344 e. The van der Waals surface area contributed by atoms with Gasteiger partial charge >= 0.3 is 5.97 Å². The van der Waals surface area contributed by atoms with Crippen LogP contribution < -0.4 is 0 Å². The van der Waals surface area contributed by atoms with E-state index in [0.717, 1.165) is 0 Å². The Hall–Kier alpha value is -2.04. The minimum atomic E-state index is -0.562. The van der Waals surface area contributed by atoms with Gasteiger partial charge in [-0.05, 0) is 19.1 Å². The van der Waals surface area contributed by atoms with Crippen LogP contribution in [0.25, 0.3) is 11.0 Å². The van der Waals surface area contributed by atoms with E-state index in [-0.39, 0.29) is 17.9 Å². The lowest BCUT2D eigenvalue weighted by molar-refractivity contribution is 0.0525. The number of nitrogens with zero attached hydrogens (tertiary/aromatic N) is 1. The van der Waals surface area contributed by atoms with Crippen LogP contribution in [0.15, 0.2) is 18.5 Å². The third kappa shape index (κ3) is 1.52. The summed E-state index contributed by atoms with van der Waals surface area (Å²) in [6.07, 6.45) is 1.47. The maximum atomic E-state index is 11.5. The number of carbonyl (C=O) groups excluding carboxylic acids is 1. The van der Waals surface area contributed by atoms with Crippen molar-refractivity contribution in [3.8, 4) is 5.75 Å². The number of ether oxygens (including phenoxy) is 1. The number of hydrogen-bond donors (Lipinski definition) is 2. The van der Waals surface area contributed by atoms with Gasteiger partial charge < -0.3 is 14.8 Å². The molecule has 5 heteroatoms. The summed E-state index contributed by atoms with van der Waals surface area (Å²) in [7, 11) is 0. The van der Waals surface area contributed by atoms with Crippen molar-refractivity contribution in [2.24, 2.45) is 0 Å². The predicted octanol–water partition coefficient (Wildman–Crippen LogP) is 1.45. The van der Waals surface area contributed by atoms with E-state index in [1.165, 1.54) is 12.4 Å². The molecule has 0 bridgehead atoms. The molecule has 0 unspecified atom stereocenters. The van der Waals surface area contributed by atoms with Crippen molar-refractivity contribution in [1.82, 2.24) is 9.97 Å². The molecule has 1 aromatic heterocycles. The first kappa shape index (κ1) is 9.51. The normalized spacial score (nSPS) is 10.5. The largest absolute Gasteiger partial charge is 0.507 e. The van der Waals surface area contributed by atoms with E-state index >= 15 is 0 Å². The van der Waals surface area contributed by atoms with Crippen LogP contribution in [0.3, 0.4) is 0 Å². The number of fused-ring (bicyclic) bond motifs is 1. The lowest BCUT2D eigenvalue weighted by Crippen LogP contribution is -2.05. The molecule has 15 heavy (non-hydrogen) atoms. The van der Waals surface area contributed by atoms with E-state index in [1.807, 2.05) is 0 Å². The van der Waals surface area contributed by atoms with Gasteiger partial charge in [0.25, 0.3) is 0 Å². The summed E-state index contributed by atoms with van der Waals surface area (Å²) in [4.78, 5) is 18.4. The molecule has 1 aromatic carbocycles. The van der Waals surface area contributed by atoms with Crippen molar-refractivity contribution < 1.29 is 14.6 Å². The molecule has 0 saturated carbocycles. The highest BCUT2D eigenvalue weighted by atomic mass is 16.5. The van der Waals surface area contributed by atoms with Crippen molar-refractivity contribution in [2.75, 3.05) is 6.61 Å². The Kier molecular flexibility index (Phi) is 2.29. The quantitative estimate of drug-likeness (QED) is 0.729. The number of phenols is 1. The maximum absolute atomic E-state index is 11.5. The van der Waals surface area contributed by atoms with Gasteiger partial charge in [-0.25, -0.2) is 9.78 Å². The first-order valence-electron chi connectivity index (χ1n) is 4.56. The second kappa shape index (κ2) is 3.61. The molecule has 0 aliphatic rings. The van der Waals surface area contributed by atoms with E-state index in [9.17, 15) is 9.90 Å². The zero-order valence-corrected chi connectivity index (χ0v) is 8.15. The molecule has 1 heterocycles. The third-order valence-corrected chi connectivity index (χ3v) is 2.05. The molecule has 0 saturated heterocycles. The molecule has 0 aliphatic heterocycles. The highest BCUT2D eigenvalue weighted by Gasteiger charge is 2.17. The molecule has 78 valence electrons. The number of benzene rings is 1. The SMILES string of the molecule is CCOC(=O)c1c(O)ccc2[nH]cnc12. The van der Waals surface area contributed by atoms with Gasteiger partial charge in [0.1, 0.15) is 16.8 Å². The number of aromatic hydroxyl groups is 1. The van der Waals surface area contributed by atoms with Crippen LogP contribution in [0.1, 0.15) is 17.3 Å². The van der Waals surface area contributed by atoms with Crippen LogP contribution in [-0.4, -0.2) is 27.7 Å². The summed E-state index contributed by atoms with van der Waals surface area (Å²) in [5, 5.41) is 9.57. The predicted molar refractivity (Wildman–Crippen MR) is 53.7 cm³/mol. The average molecular weight is 206 g/mol. The van der Waals surface area contributed by atoms with E-state index in [0.29, 0.717) is 11.0 Å². The van der Waals surface area contributed by atoms with E-state index in [4.69, 9.17) is 4.74 Å². The Bertz CT molecular complexity index is 504. The van der Waals surface area contributed by atoms with Crippen molar-refractivity contribution in [2.45, 2.75) is 6.92 Å². The molecule has 0 fully saturated rings. The fourth-order valence-electron chi connectivity index (χ4n) is 1.40. The van der Waals surface area contributed by atoms with Crippen LogP contribution in [0.5, 0.6) is 5.75 Å². The molecule has 0 amide bonds. The number of aromatic amines is 1. The van der Waals surface area contributed by atoms with Crippen molar-refractivity contribution in [1.29, 1.82) is 0 Å². The molecule has 2 N–H and O–H groups in total. The Morgan fingerprint density at radius 2 is 2.40 bits per heavy atom. The number of carbonyl (C=O) groups is 1. The number of H-pyrrole nitrogens is 1. The summed E-state index contributed by atoms with van der Waals surface area (Å²) >= 11 is 0. The molecular formula is C10H10N2O3. The summed E-state index contributed by atoms with van der Waals surface area (Å²) in [5.74, 6) is -0.680. The first-order chi connectivity index (χ1) is 7.24. The molecule has 0 aliphatic carbocycles. The van der Waals surface area contributed by atoms with Crippen molar-refractivity contribution in [3.63, 3.8) is 0 Å². The van der Waals surface area contributed by atoms with E-state index in [2.05, 4.69) is 9.97 Å². The van der Waals surface area contributed by atoms with Gasteiger partial charge in [-0.15, -0.1) is 0 Å². The second-order valence-electron chi connectivity index (χ2n) is 2.98. The molecule has 0 spiro atoms. The zero-order chi connectivity index (χ0) is 10.8. The van der Waals surface area contributed by atoms with Crippen LogP contribution in [0, 0.1) is 0 Å². The van der Waals surface area contributed by atoms with Crippen molar-refractivity contribution in [3.05, 3.63) is 24.0 Å². The Morgan fingerprint density at radius 1 is 1.60 bits per heavy atom. The Labute approximate surface area is 85.7 Å². The van der Waals surface area contributed by atoms with Gasteiger partial charge in [0, 0.05) is 0 Å².